The molecule has 218 valence electrons. The molecule has 0 aliphatic carbocycles. The van der Waals surface area contributed by atoms with Crippen LogP contribution >= 0.6 is 27.3 Å². The lowest BCUT2D eigenvalue weighted by atomic mass is 9.96. The van der Waals surface area contributed by atoms with Crippen LogP contribution < -0.4 is 19.6 Å². The molecule has 3 aromatic carbocycles. The van der Waals surface area contributed by atoms with Gasteiger partial charge in [0.1, 0.15) is 11.6 Å². The standard InChI is InChI=1S/C33H27BrFN3O4S/c1-4-42-32(40)29-19(2)36-33-38(30(29)20-13-14-27(41-3)24(34)15-20)31(39)28(43-33)16-22-18-37(26-12-8-6-10-23(22)26)17-21-9-5-7-11-25(21)35/h5-16,18,30H,4,17H2,1-3H3/b28-16+/t30-/m0/s1. The predicted molar refractivity (Wildman–Crippen MR) is 169 cm³/mol. The number of aromatic nitrogens is 2. The fourth-order valence-electron chi connectivity index (χ4n) is 5.43. The molecule has 0 fully saturated rings. The zero-order valence-electron chi connectivity index (χ0n) is 23.6. The molecule has 0 saturated heterocycles. The van der Waals surface area contributed by atoms with E-state index in [-0.39, 0.29) is 18.0 Å². The van der Waals surface area contributed by atoms with Crippen molar-refractivity contribution in [3.8, 4) is 5.75 Å². The number of ether oxygens (including phenoxy) is 2. The molecule has 0 N–H and O–H groups in total. The van der Waals surface area contributed by atoms with Gasteiger partial charge in [-0.2, -0.15) is 0 Å². The van der Waals surface area contributed by atoms with Crippen molar-refractivity contribution in [1.82, 2.24) is 9.13 Å². The molecule has 43 heavy (non-hydrogen) atoms. The number of hydrogen-bond donors (Lipinski definition) is 0. The third-order valence-electron chi connectivity index (χ3n) is 7.41. The zero-order chi connectivity index (χ0) is 30.2. The second-order valence-corrected chi connectivity index (χ2v) is 11.9. The van der Waals surface area contributed by atoms with Crippen molar-refractivity contribution < 1.29 is 18.7 Å². The molecule has 5 aromatic rings. The molecule has 1 atom stereocenters. The van der Waals surface area contributed by atoms with Gasteiger partial charge in [-0.15, -0.1) is 0 Å². The van der Waals surface area contributed by atoms with Crippen LogP contribution in [0.15, 0.2) is 98.5 Å². The number of nitrogens with zero attached hydrogens (tertiary/aromatic N) is 3. The smallest absolute Gasteiger partial charge is 0.338 e. The van der Waals surface area contributed by atoms with E-state index in [1.165, 1.54) is 17.4 Å². The monoisotopic (exact) mass is 659 g/mol. The molecule has 7 nitrogen and oxygen atoms in total. The maximum Gasteiger partial charge on any atom is 0.338 e. The minimum atomic E-state index is -0.748. The summed E-state index contributed by atoms with van der Waals surface area (Å²) in [5.74, 6) is -0.166. The van der Waals surface area contributed by atoms with Gasteiger partial charge < -0.3 is 14.0 Å². The van der Waals surface area contributed by atoms with Gasteiger partial charge in [-0.05, 0) is 65.7 Å². The molecule has 3 heterocycles. The van der Waals surface area contributed by atoms with Crippen LogP contribution in [0.3, 0.4) is 0 Å². The highest BCUT2D eigenvalue weighted by atomic mass is 79.9. The number of fused-ring (bicyclic) bond motifs is 2. The summed E-state index contributed by atoms with van der Waals surface area (Å²) < 4.78 is 30.0. The lowest BCUT2D eigenvalue weighted by Gasteiger charge is -2.25. The maximum absolute atomic E-state index is 14.5. The number of halogens is 2. The lowest BCUT2D eigenvalue weighted by molar-refractivity contribution is -0.139. The number of allylic oxidation sites excluding steroid dienone is 1. The Balaban J connectivity index is 1.53. The van der Waals surface area contributed by atoms with Crippen LogP contribution in [0.2, 0.25) is 0 Å². The number of rotatable bonds is 7. The molecule has 0 bridgehead atoms. The van der Waals surface area contributed by atoms with Crippen molar-refractivity contribution in [3.63, 3.8) is 0 Å². The van der Waals surface area contributed by atoms with Gasteiger partial charge in [0.25, 0.3) is 5.56 Å². The van der Waals surface area contributed by atoms with Gasteiger partial charge in [-0.1, -0.05) is 53.8 Å². The van der Waals surface area contributed by atoms with Gasteiger partial charge in [0.15, 0.2) is 4.80 Å². The van der Waals surface area contributed by atoms with E-state index in [1.54, 1.807) is 43.7 Å². The number of carbonyl (C=O) groups is 1. The van der Waals surface area contributed by atoms with Crippen molar-refractivity contribution in [2.45, 2.75) is 26.4 Å². The van der Waals surface area contributed by atoms with Crippen LogP contribution in [0.4, 0.5) is 4.39 Å². The Labute approximate surface area is 259 Å². The summed E-state index contributed by atoms with van der Waals surface area (Å²) in [5, 5.41) is 0.934. The minimum Gasteiger partial charge on any atom is -0.496 e. The van der Waals surface area contributed by atoms with Crippen LogP contribution in [0.1, 0.15) is 36.6 Å². The predicted octanol–water partition coefficient (Wildman–Crippen LogP) is 5.71. The maximum atomic E-state index is 14.5. The third kappa shape index (κ3) is 5.25. The van der Waals surface area contributed by atoms with E-state index in [0.29, 0.717) is 48.5 Å². The van der Waals surface area contributed by atoms with Crippen LogP contribution in [-0.4, -0.2) is 28.8 Å². The quantitative estimate of drug-likeness (QED) is 0.210. The van der Waals surface area contributed by atoms with Gasteiger partial charge in [-0.25, -0.2) is 14.2 Å². The SMILES string of the molecule is CCOC(=O)C1=C(C)N=c2s/c(=C/c3cn(Cc4ccccc4F)c4ccccc34)c(=O)n2[C@H]1c1ccc(OC)c(Br)c1. The largest absolute Gasteiger partial charge is 0.496 e. The summed E-state index contributed by atoms with van der Waals surface area (Å²) in [6.07, 6.45) is 3.77. The molecule has 2 aromatic heterocycles. The molecule has 0 spiro atoms. The van der Waals surface area contributed by atoms with Gasteiger partial charge >= 0.3 is 5.97 Å². The number of para-hydroxylation sites is 1. The van der Waals surface area contributed by atoms with Crippen LogP contribution in [0.25, 0.3) is 17.0 Å². The van der Waals surface area contributed by atoms with E-state index in [2.05, 4.69) is 20.9 Å². The summed E-state index contributed by atoms with van der Waals surface area (Å²) in [6, 6.07) is 19.3. The first-order valence-corrected chi connectivity index (χ1v) is 15.3. The van der Waals surface area contributed by atoms with E-state index in [1.807, 2.05) is 59.3 Å². The number of methoxy groups -OCH3 is 1. The Morgan fingerprint density at radius 1 is 1.14 bits per heavy atom. The third-order valence-corrected chi connectivity index (χ3v) is 9.02. The Bertz CT molecular complexity index is 2110. The second kappa shape index (κ2) is 11.8. The Kier molecular flexibility index (Phi) is 7.89. The number of hydrogen-bond acceptors (Lipinski definition) is 6. The van der Waals surface area contributed by atoms with Crippen LogP contribution in [-0.2, 0) is 16.1 Å². The van der Waals surface area contributed by atoms with Crippen molar-refractivity contribution in [1.29, 1.82) is 0 Å². The normalized spacial score (nSPS) is 15.0. The lowest BCUT2D eigenvalue weighted by Crippen LogP contribution is -2.39. The van der Waals surface area contributed by atoms with Gasteiger partial charge in [0.05, 0.1) is 46.6 Å². The molecule has 0 amide bonds. The van der Waals surface area contributed by atoms with Gasteiger partial charge in [-0.3, -0.25) is 9.36 Å². The van der Waals surface area contributed by atoms with Crippen molar-refractivity contribution in [2.24, 2.45) is 4.99 Å². The molecule has 1 aliphatic heterocycles. The molecule has 0 unspecified atom stereocenters. The summed E-state index contributed by atoms with van der Waals surface area (Å²) in [4.78, 5) is 32.5. The molecular weight excluding hydrogens is 633 g/mol. The number of esters is 1. The molecular formula is C33H27BrFN3O4S. The molecule has 6 rings (SSSR count). The molecule has 0 saturated carbocycles. The highest BCUT2D eigenvalue weighted by Crippen LogP contribution is 2.35. The van der Waals surface area contributed by atoms with Crippen LogP contribution in [0.5, 0.6) is 5.75 Å². The highest BCUT2D eigenvalue weighted by molar-refractivity contribution is 9.10. The van der Waals surface area contributed by atoms with E-state index in [0.717, 1.165) is 16.5 Å². The molecule has 1 aliphatic rings. The minimum absolute atomic E-state index is 0.190. The average Bonchev–Trinajstić information content (AvgIpc) is 3.49. The molecule has 10 heteroatoms. The fraction of sp³-hybridized carbons (Fsp3) is 0.182. The number of carbonyl (C=O) groups excluding carboxylic acids is 1. The molecule has 0 radical (unpaired) electrons. The Morgan fingerprint density at radius 3 is 2.65 bits per heavy atom. The first kappa shape index (κ1) is 28.8. The zero-order valence-corrected chi connectivity index (χ0v) is 26.0. The topological polar surface area (TPSA) is 74.8 Å². The van der Waals surface area contributed by atoms with Crippen molar-refractivity contribution >= 4 is 50.2 Å². The summed E-state index contributed by atoms with van der Waals surface area (Å²) in [6.45, 7) is 4.03. The number of benzene rings is 3. The first-order valence-electron chi connectivity index (χ1n) is 13.6. The van der Waals surface area contributed by atoms with Gasteiger partial charge in [0.2, 0.25) is 0 Å². The summed E-state index contributed by atoms with van der Waals surface area (Å²) >= 11 is 4.80. The van der Waals surface area contributed by atoms with E-state index in [9.17, 15) is 14.0 Å². The highest BCUT2D eigenvalue weighted by Gasteiger charge is 2.33. The fourth-order valence-corrected chi connectivity index (χ4v) is 7.03. The van der Waals surface area contributed by atoms with Crippen LogP contribution in [0, 0.1) is 5.82 Å². The summed E-state index contributed by atoms with van der Waals surface area (Å²) in [5.41, 5.74) is 3.54. The van der Waals surface area contributed by atoms with E-state index < -0.39 is 12.0 Å². The Hall–Kier alpha value is -4.28. The van der Waals surface area contributed by atoms with Crippen molar-refractivity contribution in [3.05, 3.63) is 131 Å². The Morgan fingerprint density at radius 2 is 1.91 bits per heavy atom. The van der Waals surface area contributed by atoms with Crippen molar-refractivity contribution in [2.75, 3.05) is 13.7 Å². The van der Waals surface area contributed by atoms with E-state index >= 15 is 0 Å². The van der Waals surface area contributed by atoms with E-state index in [4.69, 9.17) is 9.47 Å². The summed E-state index contributed by atoms with van der Waals surface area (Å²) in [7, 11) is 1.57. The second-order valence-electron chi connectivity index (χ2n) is 10.0. The average molecular weight is 661 g/mol. The van der Waals surface area contributed by atoms with Gasteiger partial charge in [0, 0.05) is 28.2 Å². The number of thiazole rings is 1. The first-order chi connectivity index (χ1) is 20.8.